The highest BCUT2D eigenvalue weighted by molar-refractivity contribution is 5.94. The number of H-pyrrole nitrogens is 1. The van der Waals surface area contributed by atoms with Crippen LogP contribution in [-0.2, 0) is 0 Å². The van der Waals surface area contributed by atoms with Gasteiger partial charge in [-0.25, -0.2) is 5.43 Å². The first-order valence-electron chi connectivity index (χ1n) is 6.82. The van der Waals surface area contributed by atoms with Crippen LogP contribution in [0.2, 0.25) is 0 Å². The molecule has 0 aliphatic carbocycles. The van der Waals surface area contributed by atoms with E-state index in [1.165, 1.54) is 0 Å². The average Bonchev–Trinajstić information content (AvgIpc) is 3.07. The minimum atomic E-state index is -0.356. The summed E-state index contributed by atoms with van der Waals surface area (Å²) in [4.78, 5) is 12.0. The number of nitrogens with zero attached hydrogens (tertiary/aromatic N) is 2. The molecule has 1 amide bonds. The topological polar surface area (TPSA) is 70.1 Å². The van der Waals surface area contributed by atoms with Gasteiger partial charge in [-0.3, -0.25) is 9.89 Å². The average molecular weight is 290 g/mol. The Hall–Kier alpha value is -3.21. The summed E-state index contributed by atoms with van der Waals surface area (Å²) in [6, 6.07) is 20.9. The molecule has 0 spiro atoms. The van der Waals surface area contributed by atoms with Crippen LogP contribution in [0.5, 0.6) is 0 Å². The van der Waals surface area contributed by atoms with E-state index in [1.807, 2.05) is 60.7 Å². The summed E-state index contributed by atoms with van der Waals surface area (Å²) in [5.74, 6) is -0.356. The number of hydrogen-bond donors (Lipinski definition) is 2. The van der Waals surface area contributed by atoms with Crippen LogP contribution in [0.15, 0.2) is 71.8 Å². The van der Waals surface area contributed by atoms with Crippen LogP contribution >= 0.6 is 0 Å². The lowest BCUT2D eigenvalue weighted by atomic mass is 10.1. The van der Waals surface area contributed by atoms with Crippen molar-refractivity contribution in [3.05, 3.63) is 78.0 Å². The van der Waals surface area contributed by atoms with Crippen LogP contribution in [0.4, 0.5) is 0 Å². The Kier molecular flexibility index (Phi) is 4.06. The number of nitrogens with one attached hydrogen (secondary N) is 2. The van der Waals surface area contributed by atoms with Gasteiger partial charge in [0, 0.05) is 0 Å². The predicted molar refractivity (Wildman–Crippen MR) is 85.5 cm³/mol. The maximum Gasteiger partial charge on any atom is 0.291 e. The van der Waals surface area contributed by atoms with Crippen molar-refractivity contribution in [3.8, 4) is 11.3 Å². The fourth-order valence-corrected chi connectivity index (χ4v) is 1.97. The molecule has 0 saturated carbocycles. The van der Waals surface area contributed by atoms with Gasteiger partial charge in [-0.05, 0) is 17.2 Å². The molecule has 1 heterocycles. The minimum absolute atomic E-state index is 0.295. The van der Waals surface area contributed by atoms with Gasteiger partial charge in [0.25, 0.3) is 5.91 Å². The number of benzene rings is 2. The van der Waals surface area contributed by atoms with Crippen molar-refractivity contribution in [3.63, 3.8) is 0 Å². The predicted octanol–water partition coefficient (Wildman–Crippen LogP) is 2.84. The van der Waals surface area contributed by atoms with Gasteiger partial charge in [-0.2, -0.15) is 10.2 Å². The Labute approximate surface area is 127 Å². The number of aromatic amines is 1. The standard InChI is InChI=1S/C17H14N4O/c22-17(21-18-12-13-7-3-1-4-8-13)16-11-15(19-20-16)14-9-5-2-6-10-14/h1-12H,(H,19,20)(H,21,22). The quantitative estimate of drug-likeness (QED) is 0.573. The fraction of sp³-hybridized carbons (Fsp3) is 0. The number of amides is 1. The zero-order valence-corrected chi connectivity index (χ0v) is 11.7. The summed E-state index contributed by atoms with van der Waals surface area (Å²) in [5, 5.41) is 10.8. The van der Waals surface area contributed by atoms with Crippen LogP contribution in [0.25, 0.3) is 11.3 Å². The number of carbonyl (C=O) groups excluding carboxylic acids is 1. The van der Waals surface area contributed by atoms with E-state index < -0.39 is 0 Å². The van der Waals surface area contributed by atoms with E-state index in [9.17, 15) is 4.79 Å². The van der Waals surface area contributed by atoms with Crippen LogP contribution in [0, 0.1) is 0 Å². The second-order valence-electron chi connectivity index (χ2n) is 4.64. The van der Waals surface area contributed by atoms with Crippen molar-refractivity contribution in [2.45, 2.75) is 0 Å². The van der Waals surface area contributed by atoms with Gasteiger partial charge in [0.1, 0.15) is 0 Å². The molecule has 1 aromatic heterocycles. The monoisotopic (exact) mass is 290 g/mol. The second kappa shape index (κ2) is 6.49. The van der Waals surface area contributed by atoms with Gasteiger partial charge in [0.2, 0.25) is 0 Å². The van der Waals surface area contributed by atoms with Crippen LogP contribution in [-0.4, -0.2) is 22.3 Å². The maximum atomic E-state index is 12.0. The Morgan fingerprint density at radius 2 is 1.73 bits per heavy atom. The molecule has 5 heteroatoms. The molecule has 3 rings (SSSR count). The Balaban J connectivity index is 1.66. The molecule has 0 atom stereocenters. The maximum absolute atomic E-state index is 12.0. The Morgan fingerprint density at radius 1 is 1.05 bits per heavy atom. The van der Waals surface area contributed by atoms with Gasteiger partial charge in [0.15, 0.2) is 5.69 Å². The summed E-state index contributed by atoms with van der Waals surface area (Å²) in [6.07, 6.45) is 1.59. The van der Waals surface area contributed by atoms with Crippen molar-refractivity contribution in [1.29, 1.82) is 0 Å². The smallest absolute Gasteiger partial charge is 0.277 e. The van der Waals surface area contributed by atoms with E-state index in [0.717, 1.165) is 16.8 Å². The lowest BCUT2D eigenvalue weighted by Gasteiger charge is -1.95. The van der Waals surface area contributed by atoms with Gasteiger partial charge >= 0.3 is 0 Å². The lowest BCUT2D eigenvalue weighted by Crippen LogP contribution is -2.17. The van der Waals surface area contributed by atoms with E-state index in [1.54, 1.807) is 12.3 Å². The Bertz CT molecular complexity index is 779. The van der Waals surface area contributed by atoms with Gasteiger partial charge in [-0.1, -0.05) is 60.7 Å². The molecule has 0 unspecified atom stereocenters. The molecule has 0 radical (unpaired) electrons. The molecule has 0 aliphatic rings. The van der Waals surface area contributed by atoms with Gasteiger partial charge < -0.3 is 0 Å². The fourth-order valence-electron chi connectivity index (χ4n) is 1.97. The van der Waals surface area contributed by atoms with Gasteiger partial charge in [-0.15, -0.1) is 0 Å². The van der Waals surface area contributed by atoms with E-state index >= 15 is 0 Å². The second-order valence-corrected chi connectivity index (χ2v) is 4.64. The first-order valence-corrected chi connectivity index (χ1v) is 6.82. The number of carbonyl (C=O) groups is 1. The van der Waals surface area contributed by atoms with Crippen LogP contribution in [0.3, 0.4) is 0 Å². The molecule has 0 saturated heterocycles. The molecular formula is C17H14N4O. The van der Waals surface area contributed by atoms with Gasteiger partial charge in [0.05, 0.1) is 11.9 Å². The highest BCUT2D eigenvalue weighted by Gasteiger charge is 2.10. The molecular weight excluding hydrogens is 276 g/mol. The molecule has 2 aromatic carbocycles. The summed E-state index contributed by atoms with van der Waals surface area (Å²) < 4.78 is 0. The van der Waals surface area contributed by atoms with E-state index in [4.69, 9.17) is 0 Å². The Morgan fingerprint density at radius 3 is 2.45 bits per heavy atom. The molecule has 2 N–H and O–H groups in total. The normalized spacial score (nSPS) is 10.7. The lowest BCUT2D eigenvalue weighted by molar-refractivity contribution is 0.0950. The third-order valence-corrected chi connectivity index (χ3v) is 3.07. The highest BCUT2D eigenvalue weighted by atomic mass is 16.2. The number of hydrogen-bond acceptors (Lipinski definition) is 3. The summed E-state index contributed by atoms with van der Waals surface area (Å²) in [7, 11) is 0. The molecule has 22 heavy (non-hydrogen) atoms. The van der Waals surface area contributed by atoms with Crippen LogP contribution < -0.4 is 5.43 Å². The summed E-state index contributed by atoms with van der Waals surface area (Å²) in [6.45, 7) is 0. The first-order chi connectivity index (χ1) is 10.8. The van der Waals surface area contributed by atoms with Crippen molar-refractivity contribution in [2.75, 3.05) is 0 Å². The molecule has 0 aliphatic heterocycles. The van der Waals surface area contributed by atoms with Crippen molar-refractivity contribution in [2.24, 2.45) is 5.10 Å². The molecule has 3 aromatic rings. The SMILES string of the molecule is O=C(NN=Cc1ccccc1)c1cc(-c2ccccc2)[nH]n1. The summed E-state index contributed by atoms with van der Waals surface area (Å²) in [5.41, 5.74) is 5.43. The summed E-state index contributed by atoms with van der Waals surface area (Å²) >= 11 is 0. The zero-order valence-electron chi connectivity index (χ0n) is 11.7. The zero-order chi connectivity index (χ0) is 15.2. The molecule has 0 bridgehead atoms. The third kappa shape index (κ3) is 3.27. The van der Waals surface area contributed by atoms with E-state index in [2.05, 4.69) is 20.7 Å². The number of hydrazone groups is 1. The van der Waals surface area contributed by atoms with Crippen molar-refractivity contribution >= 4 is 12.1 Å². The number of aromatic nitrogens is 2. The van der Waals surface area contributed by atoms with E-state index in [0.29, 0.717) is 5.69 Å². The minimum Gasteiger partial charge on any atom is -0.277 e. The van der Waals surface area contributed by atoms with Crippen molar-refractivity contribution < 1.29 is 4.79 Å². The van der Waals surface area contributed by atoms with Crippen molar-refractivity contribution in [1.82, 2.24) is 15.6 Å². The molecule has 5 nitrogen and oxygen atoms in total. The first kappa shape index (κ1) is 13.8. The third-order valence-electron chi connectivity index (χ3n) is 3.07. The molecule has 0 fully saturated rings. The van der Waals surface area contributed by atoms with Crippen LogP contribution in [0.1, 0.15) is 16.1 Å². The largest absolute Gasteiger partial charge is 0.291 e. The molecule has 108 valence electrons. The number of rotatable bonds is 4. The van der Waals surface area contributed by atoms with E-state index in [-0.39, 0.29) is 5.91 Å². The highest BCUT2D eigenvalue weighted by Crippen LogP contribution is 2.16.